The third-order valence-corrected chi connectivity index (χ3v) is 4.51. The van der Waals surface area contributed by atoms with Crippen molar-refractivity contribution in [2.75, 3.05) is 5.75 Å². The van der Waals surface area contributed by atoms with Crippen LogP contribution in [0.4, 0.5) is 0 Å². The first-order valence-corrected chi connectivity index (χ1v) is 7.75. The van der Waals surface area contributed by atoms with Crippen LogP contribution in [0.15, 0.2) is 52.4 Å². The quantitative estimate of drug-likeness (QED) is 0.935. The first-order valence-electron chi connectivity index (χ1n) is 6.76. The van der Waals surface area contributed by atoms with Gasteiger partial charge in [0, 0.05) is 23.0 Å². The predicted molar refractivity (Wildman–Crippen MR) is 81.2 cm³/mol. The fourth-order valence-electron chi connectivity index (χ4n) is 2.39. The van der Waals surface area contributed by atoms with E-state index in [9.17, 15) is 9.59 Å². The number of amides is 1. The maximum atomic E-state index is 12.1. The molecule has 21 heavy (non-hydrogen) atoms. The van der Waals surface area contributed by atoms with Crippen molar-refractivity contribution in [1.82, 2.24) is 14.9 Å². The molecule has 1 N–H and O–H groups in total. The zero-order chi connectivity index (χ0) is 14.7. The van der Waals surface area contributed by atoms with Crippen LogP contribution >= 0.6 is 11.8 Å². The largest absolute Gasteiger partial charge is 0.348 e. The average Bonchev–Trinajstić information content (AvgIpc) is 2.50. The molecule has 0 saturated heterocycles. The number of rotatable bonds is 3. The van der Waals surface area contributed by atoms with Crippen LogP contribution in [0.2, 0.25) is 0 Å². The molecule has 0 radical (unpaired) electrons. The lowest BCUT2D eigenvalue weighted by atomic mass is 10.0. The molecule has 0 spiro atoms. The summed E-state index contributed by atoms with van der Waals surface area (Å²) in [5, 5.41) is 3.01. The van der Waals surface area contributed by atoms with Gasteiger partial charge in [-0.3, -0.25) is 9.36 Å². The summed E-state index contributed by atoms with van der Waals surface area (Å²) in [6.07, 6.45) is 3.89. The van der Waals surface area contributed by atoms with E-state index < -0.39 is 5.69 Å². The van der Waals surface area contributed by atoms with Crippen LogP contribution in [0.3, 0.4) is 0 Å². The predicted octanol–water partition coefficient (Wildman–Crippen LogP) is 1.60. The minimum Gasteiger partial charge on any atom is -0.348 e. The highest BCUT2D eigenvalue weighted by atomic mass is 32.2. The van der Waals surface area contributed by atoms with Gasteiger partial charge in [0.2, 0.25) is 5.91 Å². The van der Waals surface area contributed by atoms with Crippen LogP contribution in [0.5, 0.6) is 0 Å². The fourth-order valence-corrected chi connectivity index (χ4v) is 3.52. The van der Waals surface area contributed by atoms with Gasteiger partial charge >= 0.3 is 5.69 Å². The number of hydrogen-bond donors (Lipinski definition) is 1. The molecule has 6 heteroatoms. The summed E-state index contributed by atoms with van der Waals surface area (Å²) in [7, 11) is 0. The van der Waals surface area contributed by atoms with Crippen LogP contribution in [-0.4, -0.2) is 21.2 Å². The first kappa shape index (κ1) is 13.9. The SMILES string of the molecule is O=C(Cn1cccnc1=O)NC1CCSc2ccccc21. The van der Waals surface area contributed by atoms with Crippen molar-refractivity contribution < 1.29 is 4.79 Å². The Morgan fingerprint density at radius 3 is 3.10 bits per heavy atom. The van der Waals surface area contributed by atoms with Gasteiger partial charge in [0.25, 0.3) is 0 Å². The van der Waals surface area contributed by atoms with E-state index in [1.165, 1.54) is 15.7 Å². The van der Waals surface area contributed by atoms with Crippen LogP contribution < -0.4 is 11.0 Å². The van der Waals surface area contributed by atoms with Gasteiger partial charge in [-0.2, -0.15) is 0 Å². The topological polar surface area (TPSA) is 64.0 Å². The Morgan fingerprint density at radius 2 is 2.24 bits per heavy atom. The van der Waals surface area contributed by atoms with Gasteiger partial charge in [0.15, 0.2) is 0 Å². The standard InChI is InChI=1S/C15H15N3O2S/c19-14(10-18-8-3-7-16-15(18)20)17-12-6-9-21-13-5-2-1-4-11(12)13/h1-5,7-8,12H,6,9-10H2,(H,17,19). The summed E-state index contributed by atoms with van der Waals surface area (Å²) in [6.45, 7) is -0.00150. The Labute approximate surface area is 126 Å². The highest BCUT2D eigenvalue weighted by Gasteiger charge is 2.21. The zero-order valence-electron chi connectivity index (χ0n) is 11.4. The molecule has 0 fully saturated rings. The molecule has 0 saturated carbocycles. The van der Waals surface area contributed by atoms with Gasteiger partial charge in [-0.05, 0) is 24.1 Å². The van der Waals surface area contributed by atoms with Crippen LogP contribution in [0, 0.1) is 0 Å². The molecule has 0 bridgehead atoms. The lowest BCUT2D eigenvalue weighted by Gasteiger charge is -2.25. The van der Waals surface area contributed by atoms with Crippen molar-refractivity contribution in [3.8, 4) is 0 Å². The minimum atomic E-state index is -0.410. The van der Waals surface area contributed by atoms with Gasteiger partial charge in [0.05, 0.1) is 6.04 Å². The second kappa shape index (κ2) is 6.13. The van der Waals surface area contributed by atoms with E-state index in [1.807, 2.05) is 30.0 Å². The summed E-state index contributed by atoms with van der Waals surface area (Å²) in [6, 6.07) is 9.76. The fraction of sp³-hybridized carbons (Fsp3) is 0.267. The zero-order valence-corrected chi connectivity index (χ0v) is 12.2. The van der Waals surface area contributed by atoms with Gasteiger partial charge < -0.3 is 5.32 Å². The summed E-state index contributed by atoms with van der Waals surface area (Å²) in [5.41, 5.74) is 0.743. The van der Waals surface area contributed by atoms with Gasteiger partial charge in [-0.1, -0.05) is 18.2 Å². The first-order chi connectivity index (χ1) is 10.2. The highest BCUT2D eigenvalue weighted by molar-refractivity contribution is 7.99. The Bertz CT molecular complexity index is 714. The molecule has 1 aromatic carbocycles. The molecule has 108 valence electrons. The monoisotopic (exact) mass is 301 g/mol. The van der Waals surface area contributed by atoms with E-state index in [-0.39, 0.29) is 18.5 Å². The number of thioether (sulfide) groups is 1. The van der Waals surface area contributed by atoms with Crippen molar-refractivity contribution >= 4 is 17.7 Å². The van der Waals surface area contributed by atoms with Crippen molar-refractivity contribution in [2.24, 2.45) is 0 Å². The summed E-state index contributed by atoms with van der Waals surface area (Å²) in [5.74, 6) is 0.811. The van der Waals surface area contributed by atoms with E-state index in [1.54, 1.807) is 12.3 Å². The number of nitrogens with one attached hydrogen (secondary N) is 1. The van der Waals surface area contributed by atoms with E-state index in [2.05, 4.69) is 16.4 Å². The van der Waals surface area contributed by atoms with E-state index in [4.69, 9.17) is 0 Å². The lowest BCUT2D eigenvalue weighted by molar-refractivity contribution is -0.122. The number of hydrogen-bond acceptors (Lipinski definition) is 4. The van der Waals surface area contributed by atoms with Crippen LogP contribution in [-0.2, 0) is 11.3 Å². The number of fused-ring (bicyclic) bond motifs is 1. The minimum absolute atomic E-state index is 0.00150. The van der Waals surface area contributed by atoms with Crippen molar-refractivity contribution in [2.45, 2.75) is 23.9 Å². The number of benzene rings is 1. The molecule has 0 aliphatic carbocycles. The number of carbonyl (C=O) groups is 1. The number of carbonyl (C=O) groups excluding carboxylic acids is 1. The molecule has 3 rings (SSSR count). The third kappa shape index (κ3) is 3.16. The Kier molecular flexibility index (Phi) is 4.06. The maximum absolute atomic E-state index is 12.1. The molecule has 1 aliphatic heterocycles. The summed E-state index contributed by atoms with van der Waals surface area (Å²) >= 11 is 1.81. The maximum Gasteiger partial charge on any atom is 0.347 e. The lowest BCUT2D eigenvalue weighted by Crippen LogP contribution is -2.36. The molecule has 2 heterocycles. The average molecular weight is 301 g/mol. The van der Waals surface area contributed by atoms with Crippen molar-refractivity contribution in [3.63, 3.8) is 0 Å². The smallest absolute Gasteiger partial charge is 0.347 e. The molecular formula is C15H15N3O2S. The van der Waals surface area contributed by atoms with Gasteiger partial charge in [0.1, 0.15) is 6.54 Å². The second-order valence-corrected chi connectivity index (χ2v) is 5.96. The Hall–Kier alpha value is -2.08. The number of aromatic nitrogens is 2. The summed E-state index contributed by atoms with van der Waals surface area (Å²) < 4.78 is 1.30. The molecule has 5 nitrogen and oxygen atoms in total. The molecule has 2 aromatic rings. The summed E-state index contributed by atoms with van der Waals surface area (Å²) in [4.78, 5) is 28.5. The molecule has 1 aromatic heterocycles. The normalized spacial score (nSPS) is 17.0. The molecule has 1 atom stereocenters. The number of nitrogens with zero attached hydrogens (tertiary/aromatic N) is 2. The van der Waals surface area contributed by atoms with E-state index in [0.29, 0.717) is 0 Å². The molecule has 1 aliphatic rings. The van der Waals surface area contributed by atoms with E-state index >= 15 is 0 Å². The Morgan fingerprint density at radius 1 is 1.38 bits per heavy atom. The molecule has 1 amide bonds. The molecular weight excluding hydrogens is 286 g/mol. The Balaban J connectivity index is 1.72. The third-order valence-electron chi connectivity index (χ3n) is 3.39. The molecule has 1 unspecified atom stereocenters. The highest BCUT2D eigenvalue weighted by Crippen LogP contribution is 2.35. The van der Waals surface area contributed by atoms with Gasteiger partial charge in [-0.15, -0.1) is 11.8 Å². The van der Waals surface area contributed by atoms with Crippen molar-refractivity contribution in [1.29, 1.82) is 0 Å². The van der Waals surface area contributed by atoms with Crippen LogP contribution in [0.1, 0.15) is 18.0 Å². The second-order valence-electron chi connectivity index (χ2n) is 4.83. The van der Waals surface area contributed by atoms with E-state index in [0.717, 1.165) is 17.7 Å². The van der Waals surface area contributed by atoms with Gasteiger partial charge in [-0.25, -0.2) is 9.78 Å². The van der Waals surface area contributed by atoms with Crippen LogP contribution in [0.25, 0.3) is 0 Å². The van der Waals surface area contributed by atoms with Crippen molar-refractivity contribution in [3.05, 3.63) is 58.8 Å².